The molecule has 4 rings (SSSR count). The van der Waals surface area contributed by atoms with Crippen molar-refractivity contribution in [2.45, 2.75) is 44.1 Å². The number of carbonyl (C=O) groups excluding carboxylic acids is 2. The molecule has 0 unspecified atom stereocenters. The van der Waals surface area contributed by atoms with E-state index in [2.05, 4.69) is 10.0 Å². The van der Waals surface area contributed by atoms with Crippen LogP contribution in [0.25, 0.3) is 0 Å². The molecule has 0 radical (unpaired) electrons. The summed E-state index contributed by atoms with van der Waals surface area (Å²) in [4.78, 5) is 27.3. The van der Waals surface area contributed by atoms with Gasteiger partial charge in [0.25, 0.3) is 5.91 Å². The molecule has 0 bridgehead atoms. The number of anilines is 1. The summed E-state index contributed by atoms with van der Waals surface area (Å²) in [5, 5.41) is 2.93. The highest BCUT2D eigenvalue weighted by atomic mass is 32.2. The van der Waals surface area contributed by atoms with Crippen LogP contribution in [0.3, 0.4) is 0 Å². The van der Waals surface area contributed by atoms with Gasteiger partial charge in [-0.3, -0.25) is 14.3 Å². The Kier molecular flexibility index (Phi) is 7.08. The first-order valence-corrected chi connectivity index (χ1v) is 13.1. The topological polar surface area (TPSA) is 114 Å². The molecule has 2 aromatic carbocycles. The van der Waals surface area contributed by atoms with E-state index in [-0.39, 0.29) is 48.7 Å². The van der Waals surface area contributed by atoms with Gasteiger partial charge in [0.05, 0.1) is 30.4 Å². The van der Waals surface area contributed by atoms with Crippen molar-refractivity contribution in [3.8, 4) is 5.75 Å². The molecular formula is C24H29N3O6S. The summed E-state index contributed by atoms with van der Waals surface area (Å²) < 4.78 is 37.6. The summed E-state index contributed by atoms with van der Waals surface area (Å²) >= 11 is 0. The summed E-state index contributed by atoms with van der Waals surface area (Å²) in [6.07, 6.45) is 1.96. The molecule has 1 fully saturated rings. The summed E-state index contributed by atoms with van der Waals surface area (Å²) in [5.41, 5.74) is 1.62. The van der Waals surface area contributed by atoms with Crippen LogP contribution in [0, 0.1) is 0 Å². The quantitative estimate of drug-likeness (QED) is 0.645. The zero-order chi connectivity index (χ0) is 24.3. The molecule has 0 spiro atoms. The fourth-order valence-electron chi connectivity index (χ4n) is 4.38. The lowest BCUT2D eigenvalue weighted by Crippen LogP contribution is -2.53. The molecule has 0 aromatic heterocycles. The average Bonchev–Trinajstić information content (AvgIpc) is 2.80. The second-order valence-electron chi connectivity index (χ2n) is 8.72. The molecule has 2 aliphatic rings. The minimum absolute atomic E-state index is 0.0836. The number of amides is 2. The third-order valence-electron chi connectivity index (χ3n) is 6.06. The van der Waals surface area contributed by atoms with Crippen LogP contribution < -0.4 is 14.8 Å². The van der Waals surface area contributed by atoms with E-state index in [4.69, 9.17) is 9.47 Å². The van der Waals surface area contributed by atoms with Gasteiger partial charge >= 0.3 is 0 Å². The third-order valence-corrected chi connectivity index (χ3v) is 6.67. The maximum atomic E-state index is 13.2. The van der Waals surface area contributed by atoms with Crippen LogP contribution in [0.1, 0.15) is 35.2 Å². The molecule has 10 heteroatoms. The first kappa shape index (κ1) is 24.0. The molecule has 3 atom stereocenters. The van der Waals surface area contributed by atoms with Gasteiger partial charge in [-0.1, -0.05) is 30.3 Å². The number of fused-ring (bicyclic) bond motifs is 2. The fourth-order valence-corrected chi connectivity index (χ4v) is 4.94. The van der Waals surface area contributed by atoms with Gasteiger partial charge in [0.15, 0.2) is 0 Å². The van der Waals surface area contributed by atoms with Crippen molar-refractivity contribution < 1.29 is 27.5 Å². The monoisotopic (exact) mass is 487 g/mol. The fraction of sp³-hybridized carbons (Fsp3) is 0.417. The summed E-state index contributed by atoms with van der Waals surface area (Å²) in [6.45, 7) is 0.683. The largest absolute Gasteiger partial charge is 0.490 e. The summed E-state index contributed by atoms with van der Waals surface area (Å²) in [5.74, 6) is 0.00457. The Bertz CT molecular complexity index is 1150. The van der Waals surface area contributed by atoms with Crippen LogP contribution in [-0.2, 0) is 26.1 Å². The van der Waals surface area contributed by atoms with Crippen molar-refractivity contribution in [3.63, 3.8) is 0 Å². The van der Waals surface area contributed by atoms with Crippen molar-refractivity contribution in [3.05, 3.63) is 59.7 Å². The molecule has 2 aromatic rings. The molecule has 182 valence electrons. The number of hydrogen-bond donors (Lipinski definition) is 2. The van der Waals surface area contributed by atoms with Gasteiger partial charge < -0.3 is 19.7 Å². The van der Waals surface area contributed by atoms with Crippen LogP contribution >= 0.6 is 0 Å². The van der Waals surface area contributed by atoms with E-state index >= 15 is 0 Å². The highest BCUT2D eigenvalue weighted by Crippen LogP contribution is 2.32. The zero-order valence-electron chi connectivity index (χ0n) is 19.2. The third kappa shape index (κ3) is 5.87. The number of benzene rings is 2. The van der Waals surface area contributed by atoms with Gasteiger partial charge in [0.1, 0.15) is 18.5 Å². The number of hydrogen-bond acceptors (Lipinski definition) is 6. The highest BCUT2D eigenvalue weighted by Gasteiger charge is 2.39. The van der Waals surface area contributed by atoms with Crippen molar-refractivity contribution in [1.29, 1.82) is 0 Å². The molecule has 2 amide bonds. The first-order valence-electron chi connectivity index (χ1n) is 11.2. The zero-order valence-corrected chi connectivity index (χ0v) is 20.0. The number of likely N-dealkylation sites (N-methyl/N-ethyl adjacent to an activating group) is 1. The Hall–Kier alpha value is -3.11. The second-order valence-corrected chi connectivity index (χ2v) is 10.5. The van der Waals surface area contributed by atoms with Gasteiger partial charge in [-0.25, -0.2) is 8.42 Å². The van der Waals surface area contributed by atoms with Crippen molar-refractivity contribution in [1.82, 2.24) is 10.2 Å². The summed E-state index contributed by atoms with van der Waals surface area (Å²) in [7, 11) is -1.76. The lowest BCUT2D eigenvalue weighted by molar-refractivity contribution is -0.134. The second kappa shape index (κ2) is 10.0. The molecular weight excluding hydrogens is 458 g/mol. The van der Waals surface area contributed by atoms with Gasteiger partial charge in [-0.05, 0) is 36.6 Å². The Balaban J connectivity index is 1.40. The molecule has 34 heavy (non-hydrogen) atoms. The van der Waals surface area contributed by atoms with Crippen LogP contribution in [-0.4, -0.2) is 63.3 Å². The van der Waals surface area contributed by atoms with Gasteiger partial charge in [-0.15, -0.1) is 0 Å². The van der Waals surface area contributed by atoms with E-state index in [1.165, 1.54) is 6.07 Å². The number of rotatable bonds is 6. The number of nitrogens with one attached hydrogen (secondary N) is 2. The van der Waals surface area contributed by atoms with Gasteiger partial charge in [0, 0.05) is 19.3 Å². The lowest BCUT2D eigenvalue weighted by atomic mass is 9.94. The maximum absolute atomic E-state index is 13.2. The molecule has 1 saturated heterocycles. The summed E-state index contributed by atoms with van der Waals surface area (Å²) in [6, 6.07) is 14.1. The Morgan fingerprint density at radius 3 is 2.65 bits per heavy atom. The first-order chi connectivity index (χ1) is 16.2. The van der Waals surface area contributed by atoms with E-state index in [0.29, 0.717) is 30.8 Å². The molecule has 2 heterocycles. The molecule has 0 saturated carbocycles. The number of sulfonamides is 1. The van der Waals surface area contributed by atoms with E-state index in [1.54, 1.807) is 24.1 Å². The molecule has 0 aliphatic carbocycles. The predicted molar refractivity (Wildman–Crippen MR) is 127 cm³/mol. The number of ether oxygens (including phenoxy) is 2. The van der Waals surface area contributed by atoms with Crippen LogP contribution in [0.15, 0.2) is 48.5 Å². The van der Waals surface area contributed by atoms with E-state index in [0.717, 1.165) is 11.8 Å². The van der Waals surface area contributed by atoms with Crippen molar-refractivity contribution >= 4 is 27.5 Å². The SMILES string of the molecule is CN1C(=O)c2cc(NS(C)(=O)=O)ccc2OC[C@H]2O[C@@H](CC(=O)NCc3ccccc3)CC[C@H]21. The van der Waals surface area contributed by atoms with Crippen LogP contribution in [0.5, 0.6) is 5.75 Å². The number of nitrogens with zero attached hydrogens (tertiary/aromatic N) is 1. The van der Waals surface area contributed by atoms with Gasteiger partial charge in [-0.2, -0.15) is 0 Å². The Morgan fingerprint density at radius 1 is 1.15 bits per heavy atom. The lowest BCUT2D eigenvalue weighted by Gasteiger charge is -2.42. The molecule has 2 aliphatic heterocycles. The normalized spacial score (nSPS) is 22.5. The standard InChI is InChI=1S/C24H29N3O6S/c1-27-20-10-9-18(13-23(28)25-14-16-6-4-3-5-7-16)33-22(20)15-32-21-11-8-17(26-34(2,30)31)12-19(21)24(27)29/h3-8,11-12,18,20,22,26H,9-10,13-15H2,1-2H3,(H,25,28)/t18-,20-,22-/m1/s1. The maximum Gasteiger partial charge on any atom is 0.257 e. The van der Waals surface area contributed by atoms with E-state index < -0.39 is 10.0 Å². The minimum atomic E-state index is -3.47. The van der Waals surface area contributed by atoms with E-state index in [9.17, 15) is 18.0 Å². The smallest absolute Gasteiger partial charge is 0.257 e. The van der Waals surface area contributed by atoms with Crippen molar-refractivity contribution in [2.75, 3.05) is 24.6 Å². The van der Waals surface area contributed by atoms with E-state index in [1.807, 2.05) is 30.3 Å². The van der Waals surface area contributed by atoms with Crippen LogP contribution in [0.2, 0.25) is 0 Å². The highest BCUT2D eigenvalue weighted by molar-refractivity contribution is 7.92. The molecule has 9 nitrogen and oxygen atoms in total. The van der Waals surface area contributed by atoms with Crippen LogP contribution in [0.4, 0.5) is 5.69 Å². The Morgan fingerprint density at radius 2 is 1.91 bits per heavy atom. The number of carbonyl (C=O) groups is 2. The van der Waals surface area contributed by atoms with Gasteiger partial charge in [0.2, 0.25) is 15.9 Å². The predicted octanol–water partition coefficient (Wildman–Crippen LogP) is 2.15. The van der Waals surface area contributed by atoms with Crippen molar-refractivity contribution in [2.24, 2.45) is 0 Å². The molecule has 2 N–H and O–H groups in total. The minimum Gasteiger partial charge on any atom is -0.490 e. The Labute approximate surface area is 199 Å². The average molecular weight is 488 g/mol.